The number of nitrogens with zero attached hydrogens (tertiary/aromatic N) is 2. The van der Waals surface area contributed by atoms with Crippen LogP contribution >= 0.6 is 11.6 Å². The summed E-state index contributed by atoms with van der Waals surface area (Å²) in [5.41, 5.74) is 2.14. The number of benzene rings is 1. The number of ether oxygens (including phenoxy) is 2. The van der Waals surface area contributed by atoms with Crippen molar-refractivity contribution in [2.45, 2.75) is 13.8 Å². The van der Waals surface area contributed by atoms with Crippen molar-refractivity contribution < 1.29 is 9.47 Å². The van der Waals surface area contributed by atoms with E-state index in [1.165, 1.54) is 0 Å². The Hall–Kier alpha value is -0.810. The fraction of sp³-hybridized carbons (Fsp3) is 0.647. The normalized spacial score (nSPS) is 16.9. The minimum Gasteiger partial charge on any atom is -0.491 e. The van der Waals surface area contributed by atoms with Crippen LogP contribution in [0, 0.1) is 13.8 Å². The highest BCUT2D eigenvalue weighted by molar-refractivity contribution is 6.30. The molecule has 0 aromatic heterocycles. The average molecular weight is 327 g/mol. The lowest BCUT2D eigenvalue weighted by molar-refractivity contribution is 0.0655. The first-order chi connectivity index (χ1) is 10.6. The Bertz CT molecular complexity index is 451. The van der Waals surface area contributed by atoms with Gasteiger partial charge in [0.1, 0.15) is 12.4 Å². The van der Waals surface area contributed by atoms with Gasteiger partial charge >= 0.3 is 0 Å². The van der Waals surface area contributed by atoms with Gasteiger partial charge in [0.15, 0.2) is 0 Å². The molecule has 2 rings (SSSR count). The molecule has 1 aromatic carbocycles. The van der Waals surface area contributed by atoms with Crippen LogP contribution in [0.2, 0.25) is 5.02 Å². The minimum absolute atomic E-state index is 0.575. The van der Waals surface area contributed by atoms with E-state index in [0.717, 1.165) is 61.2 Å². The summed E-state index contributed by atoms with van der Waals surface area (Å²) in [6.07, 6.45) is 0. The van der Waals surface area contributed by atoms with E-state index in [4.69, 9.17) is 21.1 Å². The molecule has 0 radical (unpaired) electrons. The maximum Gasteiger partial charge on any atom is 0.125 e. The van der Waals surface area contributed by atoms with Crippen molar-refractivity contribution in [2.75, 3.05) is 59.6 Å². The van der Waals surface area contributed by atoms with E-state index in [1.807, 2.05) is 26.0 Å². The molecule has 0 N–H and O–H groups in total. The van der Waals surface area contributed by atoms with Gasteiger partial charge in [-0.05, 0) is 44.2 Å². The number of halogens is 1. The maximum absolute atomic E-state index is 6.02. The van der Waals surface area contributed by atoms with Crippen LogP contribution in [0.4, 0.5) is 0 Å². The summed E-state index contributed by atoms with van der Waals surface area (Å²) in [6, 6.07) is 3.86. The van der Waals surface area contributed by atoms with E-state index in [-0.39, 0.29) is 0 Å². The molecule has 5 heteroatoms. The molecule has 0 aliphatic carbocycles. The molecule has 0 spiro atoms. The molecule has 0 bridgehead atoms. The smallest absolute Gasteiger partial charge is 0.125 e. The highest BCUT2D eigenvalue weighted by Gasteiger charge is 2.12. The number of piperazine rings is 1. The van der Waals surface area contributed by atoms with Gasteiger partial charge in [0.25, 0.3) is 0 Å². The van der Waals surface area contributed by atoms with E-state index in [1.54, 1.807) is 0 Å². The third kappa shape index (κ3) is 5.43. The van der Waals surface area contributed by atoms with Crippen LogP contribution in [0.1, 0.15) is 11.1 Å². The second-order valence-corrected chi connectivity index (χ2v) is 6.41. The summed E-state index contributed by atoms with van der Waals surface area (Å²) in [4.78, 5) is 4.82. The molecular weight excluding hydrogens is 300 g/mol. The number of hydrogen-bond acceptors (Lipinski definition) is 4. The average Bonchev–Trinajstić information content (AvgIpc) is 2.46. The summed E-state index contributed by atoms with van der Waals surface area (Å²) in [5, 5.41) is 0.755. The topological polar surface area (TPSA) is 24.9 Å². The Kier molecular flexibility index (Phi) is 6.96. The largest absolute Gasteiger partial charge is 0.491 e. The number of rotatable bonds is 7. The third-order valence-corrected chi connectivity index (χ3v) is 4.27. The molecule has 0 atom stereocenters. The predicted octanol–water partition coefficient (Wildman–Crippen LogP) is 2.60. The fourth-order valence-electron chi connectivity index (χ4n) is 2.69. The van der Waals surface area contributed by atoms with Crippen LogP contribution in [0.25, 0.3) is 0 Å². The highest BCUT2D eigenvalue weighted by Crippen LogP contribution is 2.26. The van der Waals surface area contributed by atoms with Crippen LogP contribution in [-0.2, 0) is 4.74 Å². The minimum atomic E-state index is 0.575. The van der Waals surface area contributed by atoms with E-state index in [0.29, 0.717) is 13.2 Å². The van der Waals surface area contributed by atoms with Gasteiger partial charge in [0.05, 0.1) is 13.2 Å². The third-order valence-electron chi connectivity index (χ3n) is 4.05. The summed E-state index contributed by atoms with van der Waals surface area (Å²) >= 11 is 6.02. The molecule has 1 saturated heterocycles. The van der Waals surface area contributed by atoms with Crippen molar-refractivity contribution in [1.29, 1.82) is 0 Å². The first-order valence-corrected chi connectivity index (χ1v) is 8.32. The van der Waals surface area contributed by atoms with Crippen LogP contribution in [0.5, 0.6) is 5.75 Å². The highest BCUT2D eigenvalue weighted by atomic mass is 35.5. The van der Waals surface area contributed by atoms with Gasteiger partial charge in [-0.25, -0.2) is 0 Å². The number of aryl methyl sites for hydroxylation is 2. The lowest BCUT2D eigenvalue weighted by Crippen LogP contribution is -2.45. The molecule has 1 fully saturated rings. The molecular formula is C17H27ClN2O2. The first-order valence-electron chi connectivity index (χ1n) is 7.94. The molecule has 1 aliphatic heterocycles. The van der Waals surface area contributed by atoms with Crippen LogP contribution < -0.4 is 4.74 Å². The van der Waals surface area contributed by atoms with Crippen molar-refractivity contribution >= 4 is 11.6 Å². The molecule has 1 aliphatic rings. The van der Waals surface area contributed by atoms with E-state index < -0.39 is 0 Å². The van der Waals surface area contributed by atoms with Crippen LogP contribution in [0.3, 0.4) is 0 Å². The molecule has 22 heavy (non-hydrogen) atoms. The summed E-state index contributed by atoms with van der Waals surface area (Å²) < 4.78 is 11.5. The summed E-state index contributed by atoms with van der Waals surface area (Å²) in [6.45, 7) is 11.6. The molecule has 0 amide bonds. The molecule has 0 unspecified atom stereocenters. The second-order valence-electron chi connectivity index (χ2n) is 5.97. The van der Waals surface area contributed by atoms with Gasteiger partial charge in [-0.3, -0.25) is 4.90 Å². The van der Waals surface area contributed by atoms with Crippen molar-refractivity contribution in [1.82, 2.24) is 9.80 Å². The standard InChI is InChI=1S/C17H27ClN2O2/c1-14-12-16(18)13-15(2)17(14)22-11-10-21-9-8-20-6-4-19(3)5-7-20/h12-13H,4-11H2,1-3H3. The monoisotopic (exact) mass is 326 g/mol. The van der Waals surface area contributed by atoms with E-state index in [9.17, 15) is 0 Å². The zero-order valence-electron chi connectivity index (χ0n) is 13.9. The zero-order chi connectivity index (χ0) is 15.9. The van der Waals surface area contributed by atoms with Crippen LogP contribution in [-0.4, -0.2) is 69.4 Å². The van der Waals surface area contributed by atoms with Crippen LogP contribution in [0.15, 0.2) is 12.1 Å². The summed E-state index contributed by atoms with van der Waals surface area (Å²) in [7, 11) is 2.17. The molecule has 1 heterocycles. The Morgan fingerprint density at radius 1 is 1.00 bits per heavy atom. The summed E-state index contributed by atoms with van der Waals surface area (Å²) in [5.74, 6) is 0.923. The number of hydrogen-bond donors (Lipinski definition) is 0. The molecule has 4 nitrogen and oxygen atoms in total. The van der Waals surface area contributed by atoms with Crippen molar-refractivity contribution in [3.8, 4) is 5.75 Å². The van der Waals surface area contributed by atoms with E-state index >= 15 is 0 Å². The van der Waals surface area contributed by atoms with Gasteiger partial charge < -0.3 is 14.4 Å². The van der Waals surface area contributed by atoms with Crippen molar-refractivity contribution in [3.63, 3.8) is 0 Å². The lowest BCUT2D eigenvalue weighted by Gasteiger charge is -2.32. The fourth-order valence-corrected chi connectivity index (χ4v) is 3.02. The molecule has 1 aromatic rings. The Balaban J connectivity index is 1.60. The Labute approximate surface area is 138 Å². The second kappa shape index (κ2) is 8.73. The Morgan fingerprint density at radius 3 is 2.27 bits per heavy atom. The van der Waals surface area contributed by atoms with Gasteiger partial charge in [0.2, 0.25) is 0 Å². The zero-order valence-corrected chi connectivity index (χ0v) is 14.7. The quantitative estimate of drug-likeness (QED) is 0.719. The number of likely N-dealkylation sites (N-methyl/N-ethyl adjacent to an activating group) is 1. The first kappa shape index (κ1) is 17.5. The van der Waals surface area contributed by atoms with Gasteiger partial charge in [-0.1, -0.05) is 11.6 Å². The lowest BCUT2D eigenvalue weighted by atomic mass is 10.1. The van der Waals surface area contributed by atoms with E-state index in [2.05, 4.69) is 16.8 Å². The SMILES string of the molecule is Cc1cc(Cl)cc(C)c1OCCOCCN1CCN(C)CC1. The van der Waals surface area contributed by atoms with Gasteiger partial charge in [-0.15, -0.1) is 0 Å². The Morgan fingerprint density at radius 2 is 1.64 bits per heavy atom. The van der Waals surface area contributed by atoms with Crippen molar-refractivity contribution in [2.24, 2.45) is 0 Å². The van der Waals surface area contributed by atoms with Gasteiger partial charge in [0, 0.05) is 37.7 Å². The van der Waals surface area contributed by atoms with Crippen molar-refractivity contribution in [3.05, 3.63) is 28.3 Å². The van der Waals surface area contributed by atoms with Gasteiger partial charge in [-0.2, -0.15) is 0 Å². The predicted molar refractivity (Wildman–Crippen MR) is 91.2 cm³/mol. The maximum atomic E-state index is 6.02. The molecule has 124 valence electrons. The molecule has 0 saturated carbocycles.